The fraction of sp³-hybridized carbons (Fsp3) is 0.429. The smallest absolute Gasteiger partial charge is 0.176 e. The molecule has 1 aliphatic carbocycles. The van der Waals surface area contributed by atoms with Crippen LogP contribution in [-0.2, 0) is 4.74 Å². The molecule has 3 heteroatoms. The highest BCUT2D eigenvalue weighted by atomic mass is 16.5. The van der Waals surface area contributed by atoms with E-state index < -0.39 is 5.41 Å². The van der Waals surface area contributed by atoms with Crippen LogP contribution in [0.5, 0.6) is 0 Å². The third-order valence-corrected chi connectivity index (χ3v) is 3.45. The zero-order valence-electron chi connectivity index (χ0n) is 9.76. The summed E-state index contributed by atoms with van der Waals surface area (Å²) in [6, 6.07) is 14.1. The fourth-order valence-electron chi connectivity index (χ4n) is 2.46. The van der Waals surface area contributed by atoms with E-state index in [1.807, 2.05) is 37.3 Å². The minimum absolute atomic E-state index is 0.0322. The van der Waals surface area contributed by atoms with Gasteiger partial charge in [-0.2, -0.15) is 10.5 Å². The molecule has 0 heterocycles. The van der Waals surface area contributed by atoms with Gasteiger partial charge < -0.3 is 4.74 Å². The van der Waals surface area contributed by atoms with Gasteiger partial charge in [0.25, 0.3) is 0 Å². The van der Waals surface area contributed by atoms with Gasteiger partial charge in [-0.3, -0.25) is 0 Å². The number of hydrogen-bond donors (Lipinski definition) is 0. The van der Waals surface area contributed by atoms with Crippen LogP contribution >= 0.6 is 0 Å². The van der Waals surface area contributed by atoms with Crippen molar-refractivity contribution >= 4 is 0 Å². The van der Waals surface area contributed by atoms with E-state index >= 15 is 0 Å². The molecule has 0 saturated heterocycles. The van der Waals surface area contributed by atoms with Gasteiger partial charge in [-0.05, 0) is 18.9 Å². The van der Waals surface area contributed by atoms with Crippen LogP contribution in [0.15, 0.2) is 30.3 Å². The highest BCUT2D eigenvalue weighted by Gasteiger charge is 2.58. The monoisotopic (exact) mass is 226 g/mol. The number of ether oxygens (including phenoxy) is 1. The lowest BCUT2D eigenvalue weighted by atomic mass is 9.57. The Kier molecular flexibility index (Phi) is 3.13. The van der Waals surface area contributed by atoms with Gasteiger partial charge in [0.15, 0.2) is 5.41 Å². The van der Waals surface area contributed by atoms with Crippen molar-refractivity contribution in [1.29, 1.82) is 10.5 Å². The zero-order chi connectivity index (χ0) is 12.3. The third-order valence-electron chi connectivity index (χ3n) is 3.45. The van der Waals surface area contributed by atoms with Crippen molar-refractivity contribution in [3.8, 4) is 12.1 Å². The number of nitriles is 2. The predicted octanol–water partition coefficient (Wildman–Crippen LogP) is 2.61. The average Bonchev–Trinajstić information content (AvgIpc) is 2.37. The van der Waals surface area contributed by atoms with Crippen LogP contribution in [0.4, 0.5) is 0 Å². The Labute approximate surface area is 101 Å². The van der Waals surface area contributed by atoms with Crippen LogP contribution < -0.4 is 0 Å². The highest BCUT2D eigenvalue weighted by molar-refractivity contribution is 5.38. The summed E-state index contributed by atoms with van der Waals surface area (Å²) < 4.78 is 5.48. The second-order valence-corrected chi connectivity index (χ2v) is 4.24. The quantitative estimate of drug-likeness (QED) is 0.796. The Balaban J connectivity index is 2.29. The molecule has 0 aliphatic heterocycles. The van der Waals surface area contributed by atoms with Gasteiger partial charge in [0.1, 0.15) is 0 Å². The molecular weight excluding hydrogens is 212 g/mol. The Bertz CT molecular complexity index is 455. The SMILES string of the molecule is CCO[C@H]1C[C@@H](c2ccccc2)C1(C#N)C#N. The molecule has 1 aliphatic rings. The maximum atomic E-state index is 9.31. The van der Waals surface area contributed by atoms with Gasteiger partial charge >= 0.3 is 0 Å². The minimum atomic E-state index is -1.02. The second kappa shape index (κ2) is 4.57. The van der Waals surface area contributed by atoms with E-state index in [1.54, 1.807) is 0 Å². The third kappa shape index (κ3) is 1.69. The summed E-state index contributed by atoms with van der Waals surface area (Å²) in [6.45, 7) is 2.42. The average molecular weight is 226 g/mol. The predicted molar refractivity (Wildman–Crippen MR) is 62.9 cm³/mol. The minimum Gasteiger partial charge on any atom is -0.376 e. The normalized spacial score (nSPS) is 25.4. The van der Waals surface area contributed by atoms with Crippen molar-refractivity contribution < 1.29 is 4.74 Å². The summed E-state index contributed by atoms with van der Waals surface area (Å²) in [5.74, 6) is -0.0322. The Hall–Kier alpha value is -1.84. The molecule has 2 atom stereocenters. The van der Waals surface area contributed by atoms with Crippen LogP contribution in [0.2, 0.25) is 0 Å². The van der Waals surface area contributed by atoms with Crippen LogP contribution in [0.1, 0.15) is 24.8 Å². The first-order chi connectivity index (χ1) is 8.28. The van der Waals surface area contributed by atoms with Gasteiger partial charge in [0, 0.05) is 12.5 Å². The topological polar surface area (TPSA) is 56.8 Å². The van der Waals surface area contributed by atoms with Crippen molar-refractivity contribution in [1.82, 2.24) is 0 Å². The maximum Gasteiger partial charge on any atom is 0.176 e. The lowest BCUT2D eigenvalue weighted by Gasteiger charge is -2.46. The molecule has 1 saturated carbocycles. The lowest BCUT2D eigenvalue weighted by Crippen LogP contribution is -2.51. The van der Waals surface area contributed by atoms with E-state index in [-0.39, 0.29) is 12.0 Å². The molecular formula is C14H14N2O. The summed E-state index contributed by atoms with van der Waals surface area (Å²) in [5.41, 5.74) is 0.0312. The van der Waals surface area contributed by atoms with Crippen LogP contribution in [0.25, 0.3) is 0 Å². The van der Waals surface area contributed by atoms with Crippen molar-refractivity contribution in [3.63, 3.8) is 0 Å². The number of nitrogens with zero attached hydrogens (tertiary/aromatic N) is 2. The van der Waals surface area contributed by atoms with E-state index in [0.29, 0.717) is 6.61 Å². The summed E-state index contributed by atoms with van der Waals surface area (Å²) in [7, 11) is 0. The first-order valence-corrected chi connectivity index (χ1v) is 5.77. The second-order valence-electron chi connectivity index (χ2n) is 4.24. The van der Waals surface area contributed by atoms with E-state index in [4.69, 9.17) is 4.74 Å². The molecule has 0 radical (unpaired) electrons. The molecule has 1 aromatic carbocycles. The zero-order valence-corrected chi connectivity index (χ0v) is 9.76. The van der Waals surface area contributed by atoms with Crippen LogP contribution in [0.3, 0.4) is 0 Å². The fourth-order valence-corrected chi connectivity index (χ4v) is 2.46. The molecule has 0 bridgehead atoms. The molecule has 1 fully saturated rings. The molecule has 1 aromatic rings. The summed E-state index contributed by atoms with van der Waals surface area (Å²) in [4.78, 5) is 0. The van der Waals surface area contributed by atoms with E-state index in [1.165, 1.54) is 0 Å². The molecule has 3 nitrogen and oxygen atoms in total. The van der Waals surface area contributed by atoms with Gasteiger partial charge in [0.05, 0.1) is 18.2 Å². The Morgan fingerprint density at radius 2 is 1.94 bits per heavy atom. The first-order valence-electron chi connectivity index (χ1n) is 5.77. The standard InChI is InChI=1S/C14H14N2O/c1-2-17-13-8-12(14(13,9-15)10-16)11-6-4-3-5-7-11/h3-7,12-13H,2,8H2,1H3/t12-,13-/m0/s1. The molecule has 0 amide bonds. The van der Waals surface area contributed by atoms with E-state index in [0.717, 1.165) is 12.0 Å². The molecule has 0 N–H and O–H groups in total. The van der Waals surface area contributed by atoms with Gasteiger partial charge in [0.2, 0.25) is 0 Å². The molecule has 0 aromatic heterocycles. The number of benzene rings is 1. The molecule has 0 spiro atoms. The number of rotatable bonds is 3. The summed E-state index contributed by atoms with van der Waals surface area (Å²) >= 11 is 0. The highest BCUT2D eigenvalue weighted by Crippen LogP contribution is 2.53. The van der Waals surface area contributed by atoms with Crippen molar-refractivity contribution in [2.24, 2.45) is 5.41 Å². The maximum absolute atomic E-state index is 9.31. The summed E-state index contributed by atoms with van der Waals surface area (Å²) in [6.07, 6.45) is 0.492. The van der Waals surface area contributed by atoms with Gasteiger partial charge in [-0.15, -0.1) is 0 Å². The molecule has 17 heavy (non-hydrogen) atoms. The Morgan fingerprint density at radius 3 is 2.47 bits per heavy atom. The van der Waals surface area contributed by atoms with Crippen molar-refractivity contribution in [2.75, 3.05) is 6.61 Å². The Morgan fingerprint density at radius 1 is 1.29 bits per heavy atom. The van der Waals surface area contributed by atoms with E-state index in [9.17, 15) is 10.5 Å². The van der Waals surface area contributed by atoms with Crippen molar-refractivity contribution in [2.45, 2.75) is 25.4 Å². The van der Waals surface area contributed by atoms with Gasteiger partial charge in [-0.25, -0.2) is 0 Å². The van der Waals surface area contributed by atoms with Crippen LogP contribution in [0, 0.1) is 28.1 Å². The molecule has 86 valence electrons. The van der Waals surface area contributed by atoms with Gasteiger partial charge in [-0.1, -0.05) is 30.3 Å². The van der Waals surface area contributed by atoms with Crippen molar-refractivity contribution in [3.05, 3.63) is 35.9 Å². The van der Waals surface area contributed by atoms with E-state index in [2.05, 4.69) is 12.1 Å². The van der Waals surface area contributed by atoms with Crippen LogP contribution in [-0.4, -0.2) is 12.7 Å². The molecule has 0 unspecified atom stereocenters. The number of hydrogen-bond acceptors (Lipinski definition) is 3. The molecule has 2 rings (SSSR count). The summed E-state index contributed by atoms with van der Waals surface area (Å²) in [5, 5.41) is 18.6. The lowest BCUT2D eigenvalue weighted by molar-refractivity contribution is -0.0677. The largest absolute Gasteiger partial charge is 0.376 e. The first kappa shape index (κ1) is 11.6.